The number of urea groups is 1. The van der Waals surface area contributed by atoms with Crippen molar-refractivity contribution in [3.63, 3.8) is 0 Å². The van der Waals surface area contributed by atoms with Gasteiger partial charge in [0, 0.05) is 22.8 Å². The molecule has 2 aromatic carbocycles. The highest BCUT2D eigenvalue weighted by Gasteiger charge is 2.05. The number of nitrogens with one attached hydrogen (secondary N) is 2. The number of rotatable bonds is 4. The third kappa shape index (κ3) is 4.50. The highest BCUT2D eigenvalue weighted by molar-refractivity contribution is 6.30. The van der Waals surface area contributed by atoms with E-state index in [1.54, 1.807) is 48.5 Å². The Morgan fingerprint density at radius 2 is 1.81 bits per heavy atom. The molecule has 3 amide bonds. The number of hydrogen-bond donors (Lipinski definition) is 3. The maximum Gasteiger partial charge on any atom is 0.316 e. The molecule has 0 heterocycles. The minimum absolute atomic E-state index is 0.197. The van der Waals surface area contributed by atoms with Crippen molar-refractivity contribution in [2.75, 3.05) is 5.32 Å². The van der Waals surface area contributed by atoms with Crippen LogP contribution >= 0.6 is 11.6 Å². The van der Waals surface area contributed by atoms with Crippen LogP contribution in [-0.4, -0.2) is 11.9 Å². The highest BCUT2D eigenvalue weighted by Crippen LogP contribution is 2.12. The third-order valence-electron chi connectivity index (χ3n) is 2.76. The van der Waals surface area contributed by atoms with Gasteiger partial charge in [-0.1, -0.05) is 29.8 Å². The van der Waals surface area contributed by atoms with Gasteiger partial charge in [-0.15, -0.1) is 0 Å². The summed E-state index contributed by atoms with van der Waals surface area (Å²) in [6, 6.07) is 13.1. The van der Waals surface area contributed by atoms with Crippen molar-refractivity contribution in [3.8, 4) is 0 Å². The van der Waals surface area contributed by atoms with Crippen LogP contribution in [0.5, 0.6) is 0 Å². The van der Waals surface area contributed by atoms with E-state index in [0.29, 0.717) is 22.8 Å². The lowest BCUT2D eigenvalue weighted by Gasteiger charge is -2.07. The lowest BCUT2D eigenvalue weighted by Crippen LogP contribution is -2.22. The first-order chi connectivity index (χ1) is 10.0. The number of halogens is 1. The number of carbonyl (C=O) groups excluding carboxylic acids is 2. The Morgan fingerprint density at radius 3 is 2.43 bits per heavy atom. The maximum atomic E-state index is 11.9. The average Bonchev–Trinajstić information content (AvgIpc) is 2.45. The number of benzene rings is 2. The number of hydrogen-bond acceptors (Lipinski definition) is 2. The van der Waals surface area contributed by atoms with Crippen molar-refractivity contribution in [1.82, 2.24) is 5.32 Å². The zero-order valence-electron chi connectivity index (χ0n) is 11.1. The van der Waals surface area contributed by atoms with Gasteiger partial charge in [0.25, 0.3) is 5.91 Å². The topological polar surface area (TPSA) is 84.2 Å². The Hall–Kier alpha value is -2.53. The fraction of sp³-hybridized carbons (Fsp3) is 0.0667. The number of nitrogens with two attached hydrogens (primary N) is 1. The zero-order chi connectivity index (χ0) is 15.2. The summed E-state index contributed by atoms with van der Waals surface area (Å²) in [6.07, 6.45) is 0. The van der Waals surface area contributed by atoms with Crippen molar-refractivity contribution in [1.29, 1.82) is 0 Å². The van der Waals surface area contributed by atoms with Crippen molar-refractivity contribution >= 4 is 29.2 Å². The van der Waals surface area contributed by atoms with E-state index in [1.807, 2.05) is 0 Å². The Balaban J connectivity index is 1.93. The lowest BCUT2D eigenvalue weighted by molar-refractivity contribution is 0.0951. The Labute approximate surface area is 127 Å². The molecule has 5 nitrogen and oxygen atoms in total. The average molecular weight is 304 g/mol. The molecule has 0 radical (unpaired) electrons. The van der Waals surface area contributed by atoms with Gasteiger partial charge >= 0.3 is 6.03 Å². The first-order valence-corrected chi connectivity index (χ1v) is 6.61. The summed E-state index contributed by atoms with van der Waals surface area (Å²) in [5, 5.41) is 5.78. The molecule has 0 fully saturated rings. The molecule has 0 unspecified atom stereocenters. The van der Waals surface area contributed by atoms with Gasteiger partial charge in [-0.3, -0.25) is 4.79 Å². The van der Waals surface area contributed by atoms with Crippen LogP contribution in [0.25, 0.3) is 0 Å². The molecule has 6 heteroatoms. The van der Waals surface area contributed by atoms with Gasteiger partial charge in [0.15, 0.2) is 0 Å². The monoisotopic (exact) mass is 303 g/mol. The SMILES string of the molecule is NC(=O)Nc1ccc(CNC(=O)c2cccc(Cl)c2)cc1. The van der Waals surface area contributed by atoms with Crippen LogP contribution in [0, 0.1) is 0 Å². The fourth-order valence-corrected chi connectivity index (χ4v) is 1.95. The summed E-state index contributed by atoms with van der Waals surface area (Å²) in [5.41, 5.74) is 7.04. The van der Waals surface area contributed by atoms with E-state index >= 15 is 0 Å². The molecule has 108 valence electrons. The molecule has 0 bridgehead atoms. The van der Waals surface area contributed by atoms with Gasteiger partial charge in [-0.25, -0.2) is 4.79 Å². The minimum Gasteiger partial charge on any atom is -0.351 e. The third-order valence-corrected chi connectivity index (χ3v) is 3.00. The number of primary amides is 1. The van der Waals surface area contributed by atoms with Crippen LogP contribution in [0.3, 0.4) is 0 Å². The van der Waals surface area contributed by atoms with Gasteiger partial charge < -0.3 is 16.4 Å². The Kier molecular flexibility index (Phi) is 4.79. The van der Waals surface area contributed by atoms with Gasteiger partial charge in [-0.05, 0) is 35.9 Å². The molecule has 0 atom stereocenters. The summed E-state index contributed by atoms with van der Waals surface area (Å²) >= 11 is 5.84. The van der Waals surface area contributed by atoms with Gasteiger partial charge in [0.05, 0.1) is 0 Å². The van der Waals surface area contributed by atoms with E-state index < -0.39 is 6.03 Å². The van der Waals surface area contributed by atoms with E-state index in [0.717, 1.165) is 5.56 Å². The smallest absolute Gasteiger partial charge is 0.316 e. The standard InChI is InChI=1S/C15H14ClN3O2/c16-12-3-1-2-11(8-12)14(20)18-9-10-4-6-13(7-5-10)19-15(17)21/h1-8H,9H2,(H,18,20)(H3,17,19,21). The van der Waals surface area contributed by atoms with Crippen LogP contribution in [0.15, 0.2) is 48.5 Å². The predicted octanol–water partition coefficient (Wildman–Crippen LogP) is 2.76. The summed E-state index contributed by atoms with van der Waals surface area (Å²) < 4.78 is 0. The second-order valence-electron chi connectivity index (χ2n) is 4.38. The molecule has 0 aliphatic heterocycles. The van der Waals surface area contributed by atoms with Crippen molar-refractivity contribution in [3.05, 3.63) is 64.7 Å². The van der Waals surface area contributed by atoms with Crippen LogP contribution < -0.4 is 16.4 Å². The van der Waals surface area contributed by atoms with E-state index in [4.69, 9.17) is 17.3 Å². The first-order valence-electron chi connectivity index (χ1n) is 6.24. The highest BCUT2D eigenvalue weighted by atomic mass is 35.5. The molecule has 4 N–H and O–H groups in total. The van der Waals surface area contributed by atoms with Gasteiger partial charge in [0.1, 0.15) is 0 Å². The molecule has 0 saturated carbocycles. The normalized spacial score (nSPS) is 9.95. The van der Waals surface area contributed by atoms with Crippen LogP contribution in [-0.2, 0) is 6.54 Å². The van der Waals surface area contributed by atoms with Crippen LogP contribution in [0.1, 0.15) is 15.9 Å². The Morgan fingerprint density at radius 1 is 1.10 bits per heavy atom. The first kappa shape index (κ1) is 14.9. The molecule has 2 rings (SSSR count). The fourth-order valence-electron chi connectivity index (χ4n) is 1.76. The molecular weight excluding hydrogens is 290 g/mol. The summed E-state index contributed by atoms with van der Waals surface area (Å²) in [6.45, 7) is 0.377. The van der Waals surface area contributed by atoms with E-state index in [2.05, 4.69) is 10.6 Å². The van der Waals surface area contributed by atoms with Crippen molar-refractivity contribution in [2.24, 2.45) is 5.73 Å². The van der Waals surface area contributed by atoms with E-state index in [-0.39, 0.29) is 5.91 Å². The van der Waals surface area contributed by atoms with Crippen molar-refractivity contribution in [2.45, 2.75) is 6.54 Å². The van der Waals surface area contributed by atoms with E-state index in [1.165, 1.54) is 0 Å². The van der Waals surface area contributed by atoms with Crippen LogP contribution in [0.2, 0.25) is 5.02 Å². The maximum absolute atomic E-state index is 11.9. The minimum atomic E-state index is -0.614. The molecule has 2 aromatic rings. The van der Waals surface area contributed by atoms with Crippen molar-refractivity contribution < 1.29 is 9.59 Å². The lowest BCUT2D eigenvalue weighted by atomic mass is 10.2. The second kappa shape index (κ2) is 6.76. The van der Waals surface area contributed by atoms with Gasteiger partial charge in [0.2, 0.25) is 0 Å². The molecule has 0 aromatic heterocycles. The van der Waals surface area contributed by atoms with Crippen LogP contribution in [0.4, 0.5) is 10.5 Å². The number of carbonyl (C=O) groups is 2. The molecule has 0 spiro atoms. The summed E-state index contributed by atoms with van der Waals surface area (Å²) in [7, 11) is 0. The molecule has 0 aliphatic carbocycles. The predicted molar refractivity (Wildman–Crippen MR) is 82.3 cm³/mol. The number of amides is 3. The summed E-state index contributed by atoms with van der Waals surface area (Å²) in [4.78, 5) is 22.6. The Bertz CT molecular complexity index is 656. The quantitative estimate of drug-likeness (QED) is 0.811. The number of anilines is 1. The summed E-state index contributed by atoms with van der Waals surface area (Å²) in [5.74, 6) is -0.197. The van der Waals surface area contributed by atoms with E-state index in [9.17, 15) is 9.59 Å². The molecule has 0 saturated heterocycles. The van der Waals surface area contributed by atoms with Gasteiger partial charge in [-0.2, -0.15) is 0 Å². The molecular formula is C15H14ClN3O2. The molecule has 0 aliphatic rings. The second-order valence-corrected chi connectivity index (χ2v) is 4.82. The zero-order valence-corrected chi connectivity index (χ0v) is 11.9. The molecule has 21 heavy (non-hydrogen) atoms. The largest absolute Gasteiger partial charge is 0.351 e.